The van der Waals surface area contributed by atoms with Crippen LogP contribution in [0, 0.1) is 6.92 Å². The molecule has 0 radical (unpaired) electrons. The predicted molar refractivity (Wildman–Crippen MR) is 78.6 cm³/mol. The van der Waals surface area contributed by atoms with E-state index in [1.54, 1.807) is 11.8 Å². The lowest BCUT2D eigenvalue weighted by atomic mass is 10.2. The summed E-state index contributed by atoms with van der Waals surface area (Å²) >= 11 is 6.01. The Labute approximate surface area is 127 Å². The maximum Gasteiger partial charge on any atom is 0.278 e. The third-order valence-corrected chi connectivity index (χ3v) is 3.83. The number of benzene rings is 1. The molecule has 3 rings (SSSR count). The summed E-state index contributed by atoms with van der Waals surface area (Å²) in [6, 6.07) is 7.74. The summed E-state index contributed by atoms with van der Waals surface area (Å²) in [7, 11) is 0. The van der Waals surface area contributed by atoms with E-state index in [1.165, 1.54) is 0 Å². The van der Waals surface area contributed by atoms with E-state index < -0.39 is 0 Å². The number of rotatable bonds is 2. The van der Waals surface area contributed by atoms with Gasteiger partial charge in [0.2, 0.25) is 0 Å². The van der Waals surface area contributed by atoms with Gasteiger partial charge in [0.25, 0.3) is 5.91 Å². The third-order valence-electron chi connectivity index (χ3n) is 3.60. The van der Waals surface area contributed by atoms with Crippen molar-refractivity contribution in [2.24, 2.45) is 0 Å². The van der Waals surface area contributed by atoms with Gasteiger partial charge in [-0.1, -0.05) is 22.8 Å². The number of hydrogen-bond acceptors (Lipinski definition) is 5. The number of aryl methyl sites for hydroxylation is 1. The van der Waals surface area contributed by atoms with Gasteiger partial charge in [0.1, 0.15) is 5.69 Å². The first kappa shape index (κ1) is 13.9. The van der Waals surface area contributed by atoms with Gasteiger partial charge in [-0.2, -0.15) is 0 Å². The summed E-state index contributed by atoms with van der Waals surface area (Å²) in [6.07, 6.45) is 0. The second kappa shape index (κ2) is 5.73. The first-order valence-corrected chi connectivity index (χ1v) is 7.12. The van der Waals surface area contributed by atoms with Crippen molar-refractivity contribution in [1.29, 1.82) is 0 Å². The number of halogens is 1. The van der Waals surface area contributed by atoms with Gasteiger partial charge in [0, 0.05) is 36.9 Å². The highest BCUT2D eigenvalue weighted by Crippen LogP contribution is 2.21. The maximum atomic E-state index is 12.3. The van der Waals surface area contributed by atoms with Crippen molar-refractivity contribution in [2.75, 3.05) is 31.1 Å². The highest BCUT2D eigenvalue weighted by Gasteiger charge is 2.26. The molecule has 0 atom stereocenters. The van der Waals surface area contributed by atoms with Crippen LogP contribution >= 0.6 is 11.6 Å². The van der Waals surface area contributed by atoms with Crippen molar-refractivity contribution in [2.45, 2.75) is 6.92 Å². The monoisotopic (exact) mass is 306 g/mol. The molecule has 1 saturated heterocycles. The Morgan fingerprint density at radius 1 is 1.24 bits per heavy atom. The number of amides is 1. The molecule has 2 heterocycles. The predicted octanol–water partition coefficient (Wildman–Crippen LogP) is 1.99. The SMILES string of the molecule is Cc1nonc1C(=O)N1CCN(c2cccc(Cl)c2)CC1. The summed E-state index contributed by atoms with van der Waals surface area (Å²) in [6.45, 7) is 4.51. The second-order valence-corrected chi connectivity index (χ2v) is 5.39. The molecule has 7 heteroatoms. The van der Waals surface area contributed by atoms with Gasteiger partial charge in [-0.3, -0.25) is 4.79 Å². The average Bonchev–Trinajstić information content (AvgIpc) is 2.93. The Bertz CT molecular complexity index is 650. The van der Waals surface area contributed by atoms with Crippen molar-refractivity contribution < 1.29 is 9.42 Å². The van der Waals surface area contributed by atoms with E-state index in [-0.39, 0.29) is 5.91 Å². The molecule has 110 valence electrons. The van der Waals surface area contributed by atoms with E-state index in [4.69, 9.17) is 11.6 Å². The molecular weight excluding hydrogens is 292 g/mol. The largest absolute Gasteiger partial charge is 0.368 e. The van der Waals surface area contributed by atoms with Gasteiger partial charge in [-0.15, -0.1) is 0 Å². The van der Waals surface area contributed by atoms with Crippen LogP contribution in [-0.4, -0.2) is 47.3 Å². The minimum Gasteiger partial charge on any atom is -0.368 e. The molecule has 1 aromatic heterocycles. The molecule has 1 amide bonds. The van der Waals surface area contributed by atoms with Gasteiger partial charge in [-0.05, 0) is 30.3 Å². The third kappa shape index (κ3) is 2.85. The Hall–Kier alpha value is -2.08. The van der Waals surface area contributed by atoms with E-state index in [9.17, 15) is 4.79 Å². The molecule has 0 saturated carbocycles. The van der Waals surface area contributed by atoms with E-state index in [0.29, 0.717) is 24.5 Å². The molecule has 1 aliphatic rings. The molecule has 0 bridgehead atoms. The van der Waals surface area contributed by atoms with Crippen molar-refractivity contribution in [3.8, 4) is 0 Å². The molecule has 0 spiro atoms. The lowest BCUT2D eigenvalue weighted by Crippen LogP contribution is -2.49. The molecule has 1 fully saturated rings. The number of nitrogens with zero attached hydrogens (tertiary/aromatic N) is 4. The fourth-order valence-corrected chi connectivity index (χ4v) is 2.60. The summed E-state index contributed by atoms with van der Waals surface area (Å²) in [5.74, 6) is -0.125. The molecule has 1 aromatic carbocycles. The van der Waals surface area contributed by atoms with Crippen LogP contribution in [0.2, 0.25) is 5.02 Å². The first-order valence-electron chi connectivity index (χ1n) is 6.74. The van der Waals surface area contributed by atoms with Crippen LogP contribution in [0.15, 0.2) is 28.9 Å². The van der Waals surface area contributed by atoms with E-state index in [1.807, 2.05) is 24.3 Å². The average molecular weight is 307 g/mol. The smallest absolute Gasteiger partial charge is 0.278 e. The molecular formula is C14H15ClN4O2. The quantitative estimate of drug-likeness (QED) is 0.849. The maximum absolute atomic E-state index is 12.3. The van der Waals surface area contributed by atoms with Gasteiger partial charge >= 0.3 is 0 Å². The highest BCUT2D eigenvalue weighted by molar-refractivity contribution is 6.30. The van der Waals surface area contributed by atoms with E-state index in [2.05, 4.69) is 19.8 Å². The minimum absolute atomic E-state index is 0.125. The number of piperazine rings is 1. The zero-order valence-corrected chi connectivity index (χ0v) is 12.4. The summed E-state index contributed by atoms with van der Waals surface area (Å²) in [5.41, 5.74) is 1.90. The highest BCUT2D eigenvalue weighted by atomic mass is 35.5. The Morgan fingerprint density at radius 3 is 2.62 bits per heavy atom. The van der Waals surface area contributed by atoms with Crippen LogP contribution in [0.5, 0.6) is 0 Å². The van der Waals surface area contributed by atoms with Crippen LogP contribution in [0.4, 0.5) is 5.69 Å². The lowest BCUT2D eigenvalue weighted by Gasteiger charge is -2.35. The Kier molecular flexibility index (Phi) is 3.79. The summed E-state index contributed by atoms with van der Waals surface area (Å²) in [4.78, 5) is 16.3. The number of carbonyl (C=O) groups excluding carboxylic acids is 1. The summed E-state index contributed by atoms with van der Waals surface area (Å²) < 4.78 is 4.59. The fraction of sp³-hybridized carbons (Fsp3) is 0.357. The van der Waals surface area contributed by atoms with Crippen molar-refractivity contribution in [1.82, 2.24) is 15.2 Å². The Balaban J connectivity index is 1.65. The van der Waals surface area contributed by atoms with Crippen LogP contribution in [0.25, 0.3) is 0 Å². The van der Waals surface area contributed by atoms with Gasteiger partial charge in [0.15, 0.2) is 5.69 Å². The number of anilines is 1. The summed E-state index contributed by atoms with van der Waals surface area (Å²) in [5, 5.41) is 8.04. The van der Waals surface area contributed by atoms with Crippen molar-refractivity contribution >= 4 is 23.2 Å². The second-order valence-electron chi connectivity index (χ2n) is 4.96. The lowest BCUT2D eigenvalue weighted by molar-refractivity contribution is 0.0735. The molecule has 0 unspecified atom stereocenters. The van der Waals surface area contributed by atoms with E-state index in [0.717, 1.165) is 23.8 Å². The Morgan fingerprint density at radius 2 is 2.00 bits per heavy atom. The molecule has 1 aliphatic heterocycles. The first-order chi connectivity index (χ1) is 10.1. The number of carbonyl (C=O) groups is 1. The molecule has 0 aliphatic carbocycles. The van der Waals surface area contributed by atoms with Gasteiger partial charge in [0.05, 0.1) is 0 Å². The molecule has 2 aromatic rings. The van der Waals surface area contributed by atoms with Crippen LogP contribution in [-0.2, 0) is 0 Å². The fourth-order valence-electron chi connectivity index (χ4n) is 2.42. The topological polar surface area (TPSA) is 62.5 Å². The van der Waals surface area contributed by atoms with Gasteiger partial charge in [-0.25, -0.2) is 4.63 Å². The zero-order chi connectivity index (χ0) is 14.8. The molecule has 0 N–H and O–H groups in total. The molecule has 21 heavy (non-hydrogen) atoms. The van der Waals surface area contributed by atoms with Crippen molar-refractivity contribution in [3.63, 3.8) is 0 Å². The van der Waals surface area contributed by atoms with Crippen LogP contribution < -0.4 is 4.90 Å². The normalized spacial score (nSPS) is 15.3. The van der Waals surface area contributed by atoms with Crippen molar-refractivity contribution in [3.05, 3.63) is 40.7 Å². The molecule has 6 nitrogen and oxygen atoms in total. The van der Waals surface area contributed by atoms with Crippen LogP contribution in [0.3, 0.4) is 0 Å². The van der Waals surface area contributed by atoms with E-state index >= 15 is 0 Å². The minimum atomic E-state index is -0.125. The number of hydrogen-bond donors (Lipinski definition) is 0. The standard InChI is InChI=1S/C14H15ClN4O2/c1-10-13(17-21-16-10)14(20)19-7-5-18(6-8-19)12-4-2-3-11(15)9-12/h2-4,9H,5-8H2,1H3. The van der Waals surface area contributed by atoms with Crippen LogP contribution in [0.1, 0.15) is 16.2 Å². The number of aromatic nitrogens is 2. The zero-order valence-electron chi connectivity index (χ0n) is 11.6. The van der Waals surface area contributed by atoms with Gasteiger partial charge < -0.3 is 9.80 Å².